The van der Waals surface area contributed by atoms with Gasteiger partial charge in [-0.05, 0) is 27.2 Å². The molecule has 0 saturated carbocycles. The number of rotatable bonds is 5. The summed E-state index contributed by atoms with van der Waals surface area (Å²) >= 11 is 1.32. The maximum atomic E-state index is 12.0. The fourth-order valence-corrected chi connectivity index (χ4v) is 1.97. The van der Waals surface area contributed by atoms with Crippen LogP contribution < -0.4 is 11.1 Å². The highest BCUT2D eigenvalue weighted by Crippen LogP contribution is 2.25. The van der Waals surface area contributed by atoms with Crippen molar-refractivity contribution in [2.45, 2.75) is 49.9 Å². The summed E-state index contributed by atoms with van der Waals surface area (Å²) in [6, 6.07) is 0. The Morgan fingerprint density at radius 1 is 1.50 bits per heavy atom. The third-order valence-electron chi connectivity index (χ3n) is 2.69. The number of anilines is 1. The van der Waals surface area contributed by atoms with Crippen LogP contribution in [0.1, 0.15) is 34.1 Å². The molecule has 0 saturated heterocycles. The normalized spacial score (nSPS) is 13.1. The quantitative estimate of drug-likeness (QED) is 0.796. The number of amides is 1. The molecule has 1 aromatic rings. The van der Waals surface area contributed by atoms with E-state index in [4.69, 9.17) is 5.73 Å². The summed E-state index contributed by atoms with van der Waals surface area (Å²) in [5.41, 5.74) is 5.50. The lowest BCUT2D eigenvalue weighted by atomic mass is 10.0. The van der Waals surface area contributed by atoms with Gasteiger partial charge in [-0.15, -0.1) is 0 Å². The van der Waals surface area contributed by atoms with E-state index in [-0.39, 0.29) is 16.7 Å². The zero-order chi connectivity index (χ0) is 13.8. The number of hydrogen-bond acceptors (Lipinski definition) is 5. The molecule has 0 bridgehead atoms. The Morgan fingerprint density at radius 3 is 2.67 bits per heavy atom. The first-order valence-electron chi connectivity index (χ1n) is 5.91. The molecule has 0 radical (unpaired) electrons. The number of hydrogen-bond donors (Lipinski definition) is 2. The van der Waals surface area contributed by atoms with Crippen molar-refractivity contribution in [3.05, 3.63) is 12.4 Å². The van der Waals surface area contributed by atoms with Gasteiger partial charge in [0.25, 0.3) is 0 Å². The van der Waals surface area contributed by atoms with E-state index in [0.717, 1.165) is 6.42 Å². The van der Waals surface area contributed by atoms with Gasteiger partial charge in [-0.3, -0.25) is 4.79 Å². The van der Waals surface area contributed by atoms with E-state index in [1.807, 2.05) is 27.7 Å². The van der Waals surface area contributed by atoms with Gasteiger partial charge in [0.1, 0.15) is 5.03 Å². The summed E-state index contributed by atoms with van der Waals surface area (Å²) in [5, 5.41) is 3.33. The lowest BCUT2D eigenvalue weighted by molar-refractivity contribution is -0.121. The van der Waals surface area contributed by atoms with Gasteiger partial charge in [0.15, 0.2) is 5.82 Å². The molecule has 0 aromatic carbocycles. The topological polar surface area (TPSA) is 80.9 Å². The fraction of sp³-hybridized carbons (Fsp3) is 0.583. The first-order chi connectivity index (χ1) is 8.35. The molecule has 18 heavy (non-hydrogen) atoms. The van der Waals surface area contributed by atoms with Crippen molar-refractivity contribution >= 4 is 23.5 Å². The van der Waals surface area contributed by atoms with Gasteiger partial charge in [0.05, 0.1) is 5.25 Å². The second-order valence-corrected chi connectivity index (χ2v) is 6.06. The Bertz CT molecular complexity index is 422. The van der Waals surface area contributed by atoms with Crippen molar-refractivity contribution in [3.63, 3.8) is 0 Å². The number of aromatic nitrogens is 2. The van der Waals surface area contributed by atoms with Gasteiger partial charge in [-0.25, -0.2) is 9.97 Å². The molecule has 0 aliphatic heterocycles. The zero-order valence-corrected chi connectivity index (χ0v) is 12.0. The number of carbonyl (C=O) groups excluding carboxylic acids is 1. The van der Waals surface area contributed by atoms with E-state index in [1.54, 1.807) is 6.20 Å². The Labute approximate surface area is 112 Å². The minimum Gasteiger partial charge on any atom is -0.381 e. The highest BCUT2D eigenvalue weighted by molar-refractivity contribution is 8.00. The summed E-state index contributed by atoms with van der Waals surface area (Å²) in [5.74, 6) is 0.341. The molecular weight excluding hydrogens is 248 g/mol. The summed E-state index contributed by atoms with van der Waals surface area (Å²) in [4.78, 5) is 20.1. The third-order valence-corrected chi connectivity index (χ3v) is 3.80. The van der Waals surface area contributed by atoms with Gasteiger partial charge in [-0.1, -0.05) is 18.7 Å². The summed E-state index contributed by atoms with van der Waals surface area (Å²) in [6.45, 7) is 7.87. The van der Waals surface area contributed by atoms with E-state index < -0.39 is 0 Å². The second-order valence-electron chi connectivity index (χ2n) is 4.73. The minimum absolute atomic E-state index is 0.0168. The van der Waals surface area contributed by atoms with Crippen LogP contribution in [0.4, 0.5) is 5.82 Å². The molecule has 5 nitrogen and oxygen atoms in total. The van der Waals surface area contributed by atoms with Crippen LogP contribution in [-0.2, 0) is 4.79 Å². The molecule has 0 aliphatic carbocycles. The molecule has 6 heteroatoms. The van der Waals surface area contributed by atoms with Gasteiger partial charge in [-0.2, -0.15) is 0 Å². The standard InChI is InChI=1S/C12H20N4OS/c1-5-12(3,4)16-10(17)8(2)18-11-9(13)14-6-7-15-11/h6-8H,5H2,1-4H3,(H2,13,14)(H,16,17). The molecular formula is C12H20N4OS. The van der Waals surface area contributed by atoms with Gasteiger partial charge < -0.3 is 11.1 Å². The van der Waals surface area contributed by atoms with Gasteiger partial charge in [0.2, 0.25) is 5.91 Å². The molecule has 100 valence electrons. The van der Waals surface area contributed by atoms with E-state index in [2.05, 4.69) is 15.3 Å². The summed E-state index contributed by atoms with van der Waals surface area (Å²) < 4.78 is 0. The van der Waals surface area contributed by atoms with Gasteiger partial charge >= 0.3 is 0 Å². The van der Waals surface area contributed by atoms with Crippen LogP contribution >= 0.6 is 11.8 Å². The Balaban J connectivity index is 2.63. The van der Waals surface area contributed by atoms with Crippen LogP contribution in [-0.4, -0.2) is 26.7 Å². The molecule has 0 spiro atoms. The van der Waals surface area contributed by atoms with Crippen LogP contribution in [0.5, 0.6) is 0 Å². The Hall–Kier alpha value is -1.30. The largest absolute Gasteiger partial charge is 0.381 e. The maximum absolute atomic E-state index is 12.0. The summed E-state index contributed by atoms with van der Waals surface area (Å²) in [6.07, 6.45) is 3.98. The molecule has 1 heterocycles. The number of nitrogens with zero attached hydrogens (tertiary/aromatic N) is 2. The van der Waals surface area contributed by atoms with E-state index in [9.17, 15) is 4.79 Å². The Kier molecular flexibility index (Phi) is 4.95. The molecule has 3 N–H and O–H groups in total. The SMILES string of the molecule is CCC(C)(C)NC(=O)C(C)Sc1nccnc1N. The van der Waals surface area contributed by atoms with Crippen LogP contribution in [0.3, 0.4) is 0 Å². The number of carbonyl (C=O) groups is 1. The highest BCUT2D eigenvalue weighted by Gasteiger charge is 2.23. The van der Waals surface area contributed by atoms with Crippen LogP contribution in [0.25, 0.3) is 0 Å². The first-order valence-corrected chi connectivity index (χ1v) is 6.79. The van der Waals surface area contributed by atoms with Crippen LogP contribution in [0, 0.1) is 0 Å². The van der Waals surface area contributed by atoms with Crippen LogP contribution in [0.15, 0.2) is 17.4 Å². The lowest BCUT2D eigenvalue weighted by Crippen LogP contribution is -2.46. The van der Waals surface area contributed by atoms with Crippen molar-refractivity contribution in [2.75, 3.05) is 5.73 Å². The van der Waals surface area contributed by atoms with Crippen molar-refractivity contribution in [2.24, 2.45) is 0 Å². The van der Waals surface area contributed by atoms with Crippen LogP contribution in [0.2, 0.25) is 0 Å². The number of nitrogen functional groups attached to an aromatic ring is 1. The number of thioether (sulfide) groups is 1. The second kappa shape index (κ2) is 6.04. The molecule has 1 aromatic heterocycles. The summed E-state index contributed by atoms with van der Waals surface area (Å²) in [7, 11) is 0. The average molecular weight is 268 g/mol. The number of nitrogens with one attached hydrogen (secondary N) is 1. The fourth-order valence-electron chi connectivity index (χ4n) is 1.17. The van der Waals surface area contributed by atoms with Crippen molar-refractivity contribution in [3.8, 4) is 0 Å². The van der Waals surface area contributed by atoms with E-state index >= 15 is 0 Å². The van der Waals surface area contributed by atoms with Crippen molar-refractivity contribution in [1.82, 2.24) is 15.3 Å². The van der Waals surface area contributed by atoms with E-state index in [0.29, 0.717) is 10.8 Å². The molecule has 1 amide bonds. The molecule has 0 aliphatic rings. The first kappa shape index (κ1) is 14.8. The van der Waals surface area contributed by atoms with Crippen molar-refractivity contribution < 1.29 is 4.79 Å². The maximum Gasteiger partial charge on any atom is 0.233 e. The third kappa shape index (κ3) is 4.18. The highest BCUT2D eigenvalue weighted by atomic mass is 32.2. The minimum atomic E-state index is -0.255. The molecule has 0 fully saturated rings. The molecule has 1 unspecified atom stereocenters. The lowest BCUT2D eigenvalue weighted by Gasteiger charge is -2.26. The zero-order valence-electron chi connectivity index (χ0n) is 11.2. The van der Waals surface area contributed by atoms with Crippen molar-refractivity contribution in [1.29, 1.82) is 0 Å². The predicted octanol–water partition coefficient (Wildman–Crippen LogP) is 1.84. The van der Waals surface area contributed by atoms with E-state index in [1.165, 1.54) is 18.0 Å². The smallest absolute Gasteiger partial charge is 0.233 e. The molecule has 1 rings (SSSR count). The average Bonchev–Trinajstić information content (AvgIpc) is 2.31. The number of nitrogens with two attached hydrogens (primary N) is 1. The monoisotopic (exact) mass is 268 g/mol. The predicted molar refractivity (Wildman–Crippen MR) is 74.3 cm³/mol. The Morgan fingerprint density at radius 2 is 2.11 bits per heavy atom. The molecule has 1 atom stereocenters. The van der Waals surface area contributed by atoms with Gasteiger partial charge in [0, 0.05) is 17.9 Å².